The maximum atomic E-state index is 13.0. The summed E-state index contributed by atoms with van der Waals surface area (Å²) in [5.41, 5.74) is 0.955. The van der Waals surface area contributed by atoms with Crippen molar-refractivity contribution in [2.45, 2.75) is 46.1 Å². The molecule has 1 aromatic heterocycles. The first-order valence-corrected chi connectivity index (χ1v) is 12.2. The molecule has 0 unspecified atom stereocenters. The summed E-state index contributed by atoms with van der Waals surface area (Å²) in [6.07, 6.45) is 2.87. The minimum atomic E-state index is -0.586. The Labute approximate surface area is 205 Å². The third-order valence-corrected chi connectivity index (χ3v) is 6.37. The lowest BCUT2D eigenvalue weighted by Gasteiger charge is -2.33. The van der Waals surface area contributed by atoms with Crippen molar-refractivity contribution in [2.24, 2.45) is 0 Å². The predicted molar refractivity (Wildman–Crippen MR) is 136 cm³/mol. The number of halogens is 1. The van der Waals surface area contributed by atoms with Crippen LogP contribution in [0.2, 0.25) is 0 Å². The number of nitriles is 1. The first-order valence-electron chi connectivity index (χ1n) is 11.4. The van der Waals surface area contributed by atoms with E-state index in [-0.39, 0.29) is 5.57 Å². The molecule has 0 atom stereocenters. The summed E-state index contributed by atoms with van der Waals surface area (Å²) in [6, 6.07) is 15.2. The quantitative estimate of drug-likeness (QED) is 0.237. The molecule has 0 saturated carbocycles. The van der Waals surface area contributed by atoms with Gasteiger partial charge in [-0.3, -0.25) is 4.79 Å². The molecule has 7 heteroatoms. The van der Waals surface area contributed by atoms with Gasteiger partial charge in [0.15, 0.2) is 0 Å². The van der Waals surface area contributed by atoms with Crippen molar-refractivity contribution in [3.63, 3.8) is 0 Å². The number of hydrogen-bond acceptors (Lipinski definition) is 5. The smallest absolute Gasteiger partial charge is 0.262 e. The highest BCUT2D eigenvalue weighted by Crippen LogP contribution is 2.30. The van der Waals surface area contributed by atoms with Crippen molar-refractivity contribution < 1.29 is 9.53 Å². The Hall–Kier alpha value is -2.69. The van der Waals surface area contributed by atoms with Crippen LogP contribution in [0.25, 0.3) is 6.08 Å². The lowest BCUT2D eigenvalue weighted by Crippen LogP contribution is -2.45. The van der Waals surface area contributed by atoms with Crippen LogP contribution in [0, 0.1) is 11.3 Å². The van der Waals surface area contributed by atoms with Crippen molar-refractivity contribution >= 4 is 27.9 Å². The molecule has 176 valence electrons. The van der Waals surface area contributed by atoms with Gasteiger partial charge in [0.2, 0.25) is 0 Å². The minimum Gasteiger partial charge on any atom is -0.492 e. The molecule has 0 bridgehead atoms. The highest BCUT2D eigenvalue weighted by atomic mass is 79.9. The van der Waals surface area contributed by atoms with Crippen LogP contribution >= 0.6 is 15.9 Å². The van der Waals surface area contributed by atoms with Gasteiger partial charge in [0.25, 0.3) is 5.91 Å². The number of hydrogen-bond donors (Lipinski definition) is 1. The van der Waals surface area contributed by atoms with E-state index in [9.17, 15) is 10.1 Å². The van der Waals surface area contributed by atoms with Crippen LogP contribution in [0.5, 0.6) is 5.75 Å². The molecule has 2 aromatic rings. The van der Waals surface area contributed by atoms with Gasteiger partial charge in [-0.2, -0.15) is 5.26 Å². The van der Waals surface area contributed by atoms with Crippen LogP contribution in [-0.2, 0) is 10.3 Å². The van der Waals surface area contributed by atoms with Crippen LogP contribution in [0.15, 0.2) is 52.6 Å². The molecule has 1 amide bonds. The number of rotatable bonds is 12. The van der Waals surface area contributed by atoms with Crippen LogP contribution in [0.4, 0.5) is 0 Å². The Morgan fingerprint density at radius 1 is 1.15 bits per heavy atom. The standard InChI is InChI=1S/C26H33BrN4O2/c1-5-26(6-2,21-12-14-23(15-13-21)33-17-16-31(7-3)8-4)30-25(32)20(19-28)18-22-10-9-11-24(27)29-22/h9-15,18H,5-8,16-17H2,1-4H3,(H,30,32)/b20-18+. The number of amides is 1. The van der Waals surface area contributed by atoms with E-state index in [1.807, 2.05) is 50.2 Å². The molecule has 0 spiro atoms. The topological polar surface area (TPSA) is 78.2 Å². The highest BCUT2D eigenvalue weighted by Gasteiger charge is 2.31. The molecule has 6 nitrogen and oxygen atoms in total. The number of benzene rings is 1. The third-order valence-electron chi connectivity index (χ3n) is 5.93. The third kappa shape index (κ3) is 7.41. The van der Waals surface area contributed by atoms with E-state index in [1.54, 1.807) is 12.1 Å². The van der Waals surface area contributed by atoms with E-state index >= 15 is 0 Å². The zero-order chi connectivity index (χ0) is 24.3. The maximum absolute atomic E-state index is 13.0. The fourth-order valence-electron chi connectivity index (χ4n) is 3.70. The van der Waals surface area contributed by atoms with Crippen LogP contribution < -0.4 is 10.1 Å². The summed E-state index contributed by atoms with van der Waals surface area (Å²) < 4.78 is 6.54. The van der Waals surface area contributed by atoms with Gasteiger partial charge in [-0.05, 0) is 77.8 Å². The summed E-state index contributed by atoms with van der Waals surface area (Å²) in [6.45, 7) is 11.9. The van der Waals surface area contributed by atoms with Crippen molar-refractivity contribution in [1.29, 1.82) is 5.26 Å². The van der Waals surface area contributed by atoms with Gasteiger partial charge in [0, 0.05) is 6.54 Å². The summed E-state index contributed by atoms with van der Waals surface area (Å²) in [5, 5.41) is 12.7. The second-order valence-electron chi connectivity index (χ2n) is 7.70. The summed E-state index contributed by atoms with van der Waals surface area (Å²) in [5.74, 6) is 0.388. The largest absolute Gasteiger partial charge is 0.492 e. The number of ether oxygens (including phenoxy) is 1. The van der Waals surface area contributed by atoms with E-state index in [2.05, 4.69) is 45.0 Å². The van der Waals surface area contributed by atoms with Crippen LogP contribution in [-0.4, -0.2) is 42.0 Å². The number of aromatic nitrogens is 1. The average Bonchev–Trinajstić information content (AvgIpc) is 2.84. The van der Waals surface area contributed by atoms with E-state index in [4.69, 9.17) is 4.74 Å². The van der Waals surface area contributed by atoms with Gasteiger partial charge in [0.1, 0.15) is 28.6 Å². The summed E-state index contributed by atoms with van der Waals surface area (Å²) in [4.78, 5) is 19.6. The molecule has 0 aliphatic rings. The fourth-order valence-corrected chi connectivity index (χ4v) is 4.05. The second-order valence-corrected chi connectivity index (χ2v) is 8.51. The minimum absolute atomic E-state index is 0.0169. The van der Waals surface area contributed by atoms with E-state index in [0.717, 1.165) is 30.9 Å². The summed E-state index contributed by atoms with van der Waals surface area (Å²) >= 11 is 3.31. The zero-order valence-corrected chi connectivity index (χ0v) is 21.5. The van der Waals surface area contributed by atoms with E-state index in [0.29, 0.717) is 29.7 Å². The molecular formula is C26H33BrN4O2. The van der Waals surface area contributed by atoms with Crippen LogP contribution in [0.1, 0.15) is 51.8 Å². The Morgan fingerprint density at radius 3 is 2.36 bits per heavy atom. The maximum Gasteiger partial charge on any atom is 0.262 e. The van der Waals surface area contributed by atoms with Crippen molar-refractivity contribution in [3.8, 4) is 11.8 Å². The predicted octanol–water partition coefficient (Wildman–Crippen LogP) is 5.30. The molecule has 0 saturated heterocycles. The van der Waals surface area contributed by atoms with Crippen LogP contribution in [0.3, 0.4) is 0 Å². The highest BCUT2D eigenvalue weighted by molar-refractivity contribution is 9.10. The SMILES string of the molecule is CCN(CC)CCOc1ccc(C(CC)(CC)NC(=O)/C(C#N)=C/c2cccc(Br)n2)cc1. The molecular weight excluding hydrogens is 480 g/mol. The lowest BCUT2D eigenvalue weighted by atomic mass is 9.84. The summed E-state index contributed by atoms with van der Waals surface area (Å²) in [7, 11) is 0. The normalized spacial score (nSPS) is 11.8. The zero-order valence-electron chi connectivity index (χ0n) is 19.9. The van der Waals surface area contributed by atoms with Gasteiger partial charge >= 0.3 is 0 Å². The van der Waals surface area contributed by atoms with E-state index < -0.39 is 11.4 Å². The molecule has 2 rings (SSSR count). The first kappa shape index (κ1) is 26.6. The molecule has 1 N–H and O–H groups in total. The molecule has 0 radical (unpaired) electrons. The Morgan fingerprint density at radius 2 is 1.82 bits per heavy atom. The molecule has 1 heterocycles. The fraction of sp³-hybridized carbons (Fsp3) is 0.423. The van der Waals surface area contributed by atoms with Gasteiger partial charge in [-0.15, -0.1) is 0 Å². The lowest BCUT2D eigenvalue weighted by molar-refractivity contribution is -0.119. The number of likely N-dealkylation sites (N-methyl/N-ethyl adjacent to an activating group) is 1. The number of nitrogens with zero attached hydrogens (tertiary/aromatic N) is 3. The number of carbonyl (C=O) groups excluding carboxylic acids is 1. The van der Waals surface area contributed by atoms with Crippen molar-refractivity contribution in [3.05, 3.63) is 63.9 Å². The second kappa shape index (κ2) is 13.1. The molecule has 33 heavy (non-hydrogen) atoms. The van der Waals surface area contributed by atoms with Gasteiger partial charge in [-0.25, -0.2) is 4.98 Å². The number of nitrogens with one attached hydrogen (secondary N) is 1. The number of pyridine rings is 1. The molecule has 0 fully saturated rings. The Bertz CT molecular complexity index is 975. The van der Waals surface area contributed by atoms with Gasteiger partial charge < -0.3 is 15.0 Å². The Balaban J connectivity index is 2.16. The molecule has 0 aliphatic carbocycles. The van der Waals surface area contributed by atoms with Crippen molar-refractivity contribution in [1.82, 2.24) is 15.2 Å². The average molecular weight is 513 g/mol. The number of carbonyl (C=O) groups is 1. The van der Waals surface area contributed by atoms with Gasteiger partial charge in [-0.1, -0.05) is 45.9 Å². The Kier molecular flexibility index (Phi) is 10.6. The molecule has 1 aromatic carbocycles. The monoisotopic (exact) mass is 512 g/mol. The van der Waals surface area contributed by atoms with Crippen molar-refractivity contribution in [2.75, 3.05) is 26.2 Å². The first-order chi connectivity index (χ1) is 15.9. The molecule has 0 aliphatic heterocycles. The van der Waals surface area contributed by atoms with Gasteiger partial charge in [0.05, 0.1) is 11.2 Å². The van der Waals surface area contributed by atoms with E-state index in [1.165, 1.54) is 6.08 Å².